The van der Waals surface area contributed by atoms with Crippen LogP contribution in [0.1, 0.15) is 31.2 Å². The average molecular weight is 339 g/mol. The fourth-order valence-corrected chi connectivity index (χ4v) is 4.08. The van der Waals surface area contributed by atoms with Gasteiger partial charge in [-0.3, -0.25) is 14.2 Å². The second-order valence-corrected chi connectivity index (χ2v) is 8.34. The summed E-state index contributed by atoms with van der Waals surface area (Å²) in [6.45, 7) is 10.4. The fraction of sp³-hybridized carbons (Fsp3) is 0.533. The number of thioether (sulfide) groups is 1. The van der Waals surface area contributed by atoms with E-state index in [1.165, 1.54) is 23.1 Å². The van der Waals surface area contributed by atoms with E-state index in [4.69, 9.17) is 5.73 Å². The number of hydrogen-bond donors (Lipinski definition) is 1. The summed E-state index contributed by atoms with van der Waals surface area (Å²) in [5, 5.41) is 0.836. The highest BCUT2D eigenvalue weighted by molar-refractivity contribution is 8.00. The molecule has 0 aromatic carbocycles. The molecule has 2 heterocycles. The molecule has 2 aromatic rings. The van der Waals surface area contributed by atoms with Crippen LogP contribution in [-0.2, 0) is 11.3 Å². The van der Waals surface area contributed by atoms with Gasteiger partial charge in [-0.1, -0.05) is 25.6 Å². The average Bonchev–Trinajstić information content (AvgIpc) is 2.69. The number of amides is 1. The van der Waals surface area contributed by atoms with Crippen LogP contribution in [0, 0.1) is 19.8 Å². The van der Waals surface area contributed by atoms with E-state index in [0.717, 1.165) is 15.3 Å². The van der Waals surface area contributed by atoms with Gasteiger partial charge in [0.25, 0.3) is 5.56 Å². The van der Waals surface area contributed by atoms with Crippen LogP contribution in [0.15, 0.2) is 9.95 Å². The largest absolute Gasteiger partial charge is 0.369 e. The smallest absolute Gasteiger partial charge is 0.263 e. The predicted octanol–water partition coefficient (Wildman–Crippen LogP) is 2.70. The van der Waals surface area contributed by atoms with E-state index in [-0.39, 0.29) is 5.56 Å². The number of aromatic nitrogens is 2. The molecule has 0 unspecified atom stereocenters. The molecule has 0 aliphatic carbocycles. The van der Waals surface area contributed by atoms with Crippen LogP contribution in [0.4, 0.5) is 0 Å². The van der Waals surface area contributed by atoms with E-state index in [1.54, 1.807) is 11.5 Å². The lowest BCUT2D eigenvalue weighted by molar-refractivity contribution is -0.117. The van der Waals surface area contributed by atoms with Crippen LogP contribution in [0.5, 0.6) is 0 Å². The summed E-state index contributed by atoms with van der Waals surface area (Å²) in [6, 6.07) is 0. The number of carbonyl (C=O) groups excluding carboxylic acids is 1. The molecule has 1 atom stereocenters. The maximum atomic E-state index is 12.9. The standard InChI is InChI=1S/C15H21N3O2S2/c1-7(2)6-18-14(20)11-8(3)9(4)21-13(11)17-15(18)22-10(5)12(16)19/h7,10H,6H2,1-5H3,(H2,16,19)/t10-/m1/s1. The molecule has 0 spiro atoms. The number of nitrogens with zero attached hydrogens (tertiary/aromatic N) is 2. The van der Waals surface area contributed by atoms with Crippen molar-refractivity contribution in [2.75, 3.05) is 0 Å². The molecule has 0 saturated carbocycles. The first-order valence-corrected chi connectivity index (χ1v) is 8.88. The van der Waals surface area contributed by atoms with Crippen molar-refractivity contribution < 1.29 is 4.79 Å². The first-order chi connectivity index (χ1) is 10.2. The Bertz CT molecular complexity index is 777. The lowest BCUT2D eigenvalue weighted by Gasteiger charge is -2.15. The number of rotatable bonds is 5. The fourth-order valence-electron chi connectivity index (χ4n) is 2.14. The van der Waals surface area contributed by atoms with Gasteiger partial charge in [-0.25, -0.2) is 4.98 Å². The number of thiophene rings is 1. The summed E-state index contributed by atoms with van der Waals surface area (Å²) < 4.78 is 1.68. The Morgan fingerprint density at radius 2 is 2.00 bits per heavy atom. The minimum atomic E-state index is -0.426. The Hall–Kier alpha value is -1.34. The molecule has 2 aromatic heterocycles. The quantitative estimate of drug-likeness (QED) is 0.671. The molecular formula is C15H21N3O2S2. The molecule has 7 heteroatoms. The van der Waals surface area contributed by atoms with E-state index >= 15 is 0 Å². The van der Waals surface area contributed by atoms with Gasteiger partial charge in [-0.15, -0.1) is 11.3 Å². The molecule has 22 heavy (non-hydrogen) atoms. The second-order valence-electron chi connectivity index (χ2n) is 5.83. The molecule has 120 valence electrons. The lowest BCUT2D eigenvalue weighted by atomic mass is 10.2. The number of aryl methyl sites for hydroxylation is 2. The zero-order chi connectivity index (χ0) is 16.6. The van der Waals surface area contributed by atoms with Crippen molar-refractivity contribution in [2.45, 2.75) is 51.6 Å². The molecular weight excluding hydrogens is 318 g/mol. The van der Waals surface area contributed by atoms with Gasteiger partial charge in [0.05, 0.1) is 10.6 Å². The van der Waals surface area contributed by atoms with Gasteiger partial charge in [0, 0.05) is 11.4 Å². The van der Waals surface area contributed by atoms with Gasteiger partial charge < -0.3 is 5.73 Å². The van der Waals surface area contributed by atoms with Gasteiger partial charge in [0.1, 0.15) is 4.83 Å². The van der Waals surface area contributed by atoms with Crippen LogP contribution >= 0.6 is 23.1 Å². The van der Waals surface area contributed by atoms with Crippen molar-refractivity contribution in [1.29, 1.82) is 0 Å². The number of primary amides is 1. The molecule has 5 nitrogen and oxygen atoms in total. The summed E-state index contributed by atoms with van der Waals surface area (Å²) in [7, 11) is 0. The van der Waals surface area contributed by atoms with Gasteiger partial charge in [0.2, 0.25) is 5.91 Å². The maximum Gasteiger partial charge on any atom is 0.263 e. The van der Waals surface area contributed by atoms with Crippen LogP contribution in [0.3, 0.4) is 0 Å². The van der Waals surface area contributed by atoms with Gasteiger partial charge in [-0.05, 0) is 32.3 Å². The molecule has 2 N–H and O–H groups in total. The van der Waals surface area contributed by atoms with Crippen molar-refractivity contribution >= 4 is 39.2 Å². The third-order valence-corrected chi connectivity index (χ3v) is 5.69. The van der Waals surface area contributed by atoms with Gasteiger partial charge >= 0.3 is 0 Å². The van der Waals surface area contributed by atoms with Crippen LogP contribution in [0.25, 0.3) is 10.2 Å². The summed E-state index contributed by atoms with van der Waals surface area (Å²) in [5.41, 5.74) is 6.31. The Balaban J connectivity index is 2.67. The van der Waals surface area contributed by atoms with Crippen LogP contribution in [-0.4, -0.2) is 20.7 Å². The van der Waals surface area contributed by atoms with Crippen molar-refractivity contribution in [3.63, 3.8) is 0 Å². The Morgan fingerprint density at radius 3 is 2.55 bits per heavy atom. The third-order valence-electron chi connectivity index (χ3n) is 3.48. The number of fused-ring (bicyclic) bond motifs is 1. The monoisotopic (exact) mass is 339 g/mol. The number of carbonyl (C=O) groups is 1. The van der Waals surface area contributed by atoms with Crippen molar-refractivity contribution in [3.8, 4) is 0 Å². The second kappa shape index (κ2) is 6.42. The summed E-state index contributed by atoms with van der Waals surface area (Å²) in [4.78, 5) is 30.7. The zero-order valence-corrected chi connectivity index (χ0v) is 15.1. The summed E-state index contributed by atoms with van der Waals surface area (Å²) in [5.74, 6) is -0.103. The summed E-state index contributed by atoms with van der Waals surface area (Å²) in [6.07, 6.45) is 0. The molecule has 0 fully saturated rings. The van der Waals surface area contributed by atoms with E-state index in [0.29, 0.717) is 23.0 Å². The third kappa shape index (κ3) is 3.20. The van der Waals surface area contributed by atoms with Crippen LogP contribution in [0.2, 0.25) is 0 Å². The first kappa shape index (κ1) is 17.0. The molecule has 0 radical (unpaired) electrons. The predicted molar refractivity (Wildman–Crippen MR) is 92.7 cm³/mol. The highest BCUT2D eigenvalue weighted by Gasteiger charge is 2.20. The van der Waals surface area contributed by atoms with Crippen LogP contribution < -0.4 is 11.3 Å². The molecule has 0 aliphatic heterocycles. The molecule has 0 bridgehead atoms. The number of nitrogens with two attached hydrogens (primary N) is 1. The topological polar surface area (TPSA) is 78.0 Å². The highest BCUT2D eigenvalue weighted by atomic mass is 32.2. The molecule has 0 saturated heterocycles. The first-order valence-electron chi connectivity index (χ1n) is 7.18. The van der Waals surface area contributed by atoms with Crippen molar-refractivity contribution in [1.82, 2.24) is 9.55 Å². The Morgan fingerprint density at radius 1 is 1.36 bits per heavy atom. The molecule has 0 aliphatic rings. The SMILES string of the molecule is Cc1sc2nc(S[C@H](C)C(N)=O)n(CC(C)C)c(=O)c2c1C. The Kier molecular flexibility index (Phi) is 4.97. The Labute approximate surface area is 137 Å². The highest BCUT2D eigenvalue weighted by Crippen LogP contribution is 2.29. The van der Waals surface area contributed by atoms with E-state index < -0.39 is 11.2 Å². The van der Waals surface area contributed by atoms with Gasteiger partial charge in [-0.2, -0.15) is 0 Å². The van der Waals surface area contributed by atoms with E-state index in [1.807, 2.05) is 27.7 Å². The zero-order valence-electron chi connectivity index (χ0n) is 13.5. The normalized spacial score (nSPS) is 13.0. The minimum Gasteiger partial charge on any atom is -0.369 e. The van der Waals surface area contributed by atoms with E-state index in [9.17, 15) is 9.59 Å². The maximum absolute atomic E-state index is 12.9. The van der Waals surface area contributed by atoms with Gasteiger partial charge in [0.15, 0.2) is 5.16 Å². The summed E-state index contributed by atoms with van der Waals surface area (Å²) >= 11 is 2.76. The lowest BCUT2D eigenvalue weighted by Crippen LogP contribution is -2.28. The van der Waals surface area contributed by atoms with E-state index in [2.05, 4.69) is 4.98 Å². The molecule has 2 rings (SSSR count). The minimum absolute atomic E-state index is 0.0280. The van der Waals surface area contributed by atoms with Crippen molar-refractivity contribution in [2.24, 2.45) is 11.7 Å². The molecule has 1 amide bonds. The van der Waals surface area contributed by atoms with Crippen molar-refractivity contribution in [3.05, 3.63) is 20.8 Å². The number of hydrogen-bond acceptors (Lipinski definition) is 5.